The topological polar surface area (TPSA) is 102 Å². The number of fused-ring (bicyclic) bond motifs is 1. The molecule has 3 heterocycles. The predicted octanol–water partition coefficient (Wildman–Crippen LogP) is 3.19. The molecule has 2 aliphatic rings. The average Bonchev–Trinajstić information content (AvgIpc) is 3.39. The van der Waals surface area contributed by atoms with Crippen molar-refractivity contribution >= 4 is 40.9 Å². The van der Waals surface area contributed by atoms with E-state index in [0.717, 1.165) is 16.0 Å². The Balaban J connectivity index is 1.33. The van der Waals surface area contributed by atoms with Crippen molar-refractivity contribution in [2.24, 2.45) is 5.73 Å². The Morgan fingerprint density at radius 2 is 1.69 bits per heavy atom. The molecular formula is C26H23N3O4S2. The lowest BCUT2D eigenvalue weighted by atomic mass is 10.0. The first-order chi connectivity index (χ1) is 17.0. The Bertz CT molecular complexity index is 1220. The Morgan fingerprint density at radius 1 is 1.03 bits per heavy atom. The van der Waals surface area contributed by atoms with Crippen molar-refractivity contribution in [2.75, 3.05) is 5.75 Å². The highest BCUT2D eigenvalue weighted by Gasteiger charge is 2.54. The van der Waals surface area contributed by atoms with Gasteiger partial charge in [-0.15, -0.1) is 23.1 Å². The minimum atomic E-state index is -0.706. The number of β-lactam (4-membered cyclic amide) rings is 1. The minimum absolute atomic E-state index is 0.0550. The zero-order valence-corrected chi connectivity index (χ0v) is 20.3. The van der Waals surface area contributed by atoms with Crippen molar-refractivity contribution in [1.82, 2.24) is 10.2 Å². The van der Waals surface area contributed by atoms with Crippen LogP contribution in [0.5, 0.6) is 0 Å². The van der Waals surface area contributed by atoms with Crippen LogP contribution in [-0.2, 0) is 25.5 Å². The van der Waals surface area contributed by atoms with E-state index in [2.05, 4.69) is 5.32 Å². The summed E-state index contributed by atoms with van der Waals surface area (Å²) >= 11 is 2.91. The van der Waals surface area contributed by atoms with E-state index in [-0.39, 0.29) is 29.6 Å². The summed E-state index contributed by atoms with van der Waals surface area (Å²) in [6.07, 6.45) is -0.447. The molecule has 1 aromatic heterocycles. The molecule has 3 N–H and O–H groups in total. The predicted molar refractivity (Wildman–Crippen MR) is 135 cm³/mol. The Kier molecular flexibility index (Phi) is 6.61. The van der Waals surface area contributed by atoms with Gasteiger partial charge in [0.2, 0.25) is 5.91 Å². The second-order valence-corrected chi connectivity index (χ2v) is 10.3. The minimum Gasteiger partial charge on any atom is -0.448 e. The number of hydrogen-bond acceptors (Lipinski definition) is 7. The van der Waals surface area contributed by atoms with Gasteiger partial charge in [0.25, 0.3) is 5.91 Å². The molecule has 1 saturated heterocycles. The molecule has 0 radical (unpaired) electrons. The summed E-state index contributed by atoms with van der Waals surface area (Å²) in [4.78, 5) is 41.2. The molecule has 2 aromatic carbocycles. The Labute approximate surface area is 211 Å². The van der Waals surface area contributed by atoms with Crippen molar-refractivity contribution < 1.29 is 19.1 Å². The maximum atomic E-state index is 13.4. The molecule has 3 aromatic rings. The molecule has 2 atom stereocenters. The van der Waals surface area contributed by atoms with Gasteiger partial charge in [0.05, 0.1) is 12.1 Å². The molecule has 2 amide bonds. The summed E-state index contributed by atoms with van der Waals surface area (Å²) in [7, 11) is 0. The molecule has 0 spiro atoms. The van der Waals surface area contributed by atoms with E-state index in [0.29, 0.717) is 5.75 Å². The second-order valence-electron chi connectivity index (χ2n) is 8.19. The summed E-state index contributed by atoms with van der Waals surface area (Å²) in [5, 5.41) is 4.31. The van der Waals surface area contributed by atoms with Gasteiger partial charge in [-0.1, -0.05) is 66.7 Å². The third kappa shape index (κ3) is 4.69. The fraction of sp³-hybridized carbons (Fsp3) is 0.192. The third-order valence-electron chi connectivity index (χ3n) is 5.85. The molecule has 9 heteroatoms. The van der Waals surface area contributed by atoms with E-state index < -0.39 is 23.5 Å². The van der Waals surface area contributed by atoms with Gasteiger partial charge in [-0.2, -0.15) is 0 Å². The van der Waals surface area contributed by atoms with Gasteiger partial charge in [0.1, 0.15) is 11.4 Å². The lowest BCUT2D eigenvalue weighted by Crippen LogP contribution is -2.71. The van der Waals surface area contributed by atoms with Gasteiger partial charge in [-0.25, -0.2) is 4.79 Å². The number of nitrogens with one attached hydrogen (secondary N) is 1. The molecule has 1 fully saturated rings. The number of amides is 2. The van der Waals surface area contributed by atoms with Crippen LogP contribution >= 0.6 is 23.1 Å². The summed E-state index contributed by atoms with van der Waals surface area (Å²) in [5.74, 6) is -0.905. The fourth-order valence-corrected chi connectivity index (χ4v) is 6.10. The molecule has 178 valence electrons. The first-order valence-corrected chi connectivity index (χ1v) is 13.0. The fourth-order valence-electron chi connectivity index (χ4n) is 4.18. The number of hydrogen-bond donors (Lipinski definition) is 2. The van der Waals surface area contributed by atoms with Gasteiger partial charge in [0.15, 0.2) is 11.8 Å². The number of benzene rings is 2. The summed E-state index contributed by atoms with van der Waals surface area (Å²) < 4.78 is 5.95. The van der Waals surface area contributed by atoms with Crippen molar-refractivity contribution in [3.05, 3.63) is 106 Å². The summed E-state index contributed by atoms with van der Waals surface area (Å²) in [6, 6.07) is 21.9. The van der Waals surface area contributed by atoms with Gasteiger partial charge in [0, 0.05) is 10.6 Å². The van der Waals surface area contributed by atoms with Crippen molar-refractivity contribution in [3.8, 4) is 0 Å². The number of thiophene rings is 1. The van der Waals surface area contributed by atoms with Crippen LogP contribution in [0.25, 0.3) is 0 Å². The van der Waals surface area contributed by atoms with Gasteiger partial charge < -0.3 is 15.8 Å². The van der Waals surface area contributed by atoms with Crippen molar-refractivity contribution in [2.45, 2.75) is 23.9 Å². The van der Waals surface area contributed by atoms with Crippen molar-refractivity contribution in [1.29, 1.82) is 0 Å². The van der Waals surface area contributed by atoms with E-state index in [4.69, 9.17) is 10.5 Å². The van der Waals surface area contributed by atoms with Crippen LogP contribution in [0.2, 0.25) is 0 Å². The van der Waals surface area contributed by atoms with Crippen LogP contribution in [0.4, 0.5) is 0 Å². The van der Waals surface area contributed by atoms with E-state index >= 15 is 0 Å². The van der Waals surface area contributed by atoms with Crippen molar-refractivity contribution in [3.63, 3.8) is 0 Å². The zero-order chi connectivity index (χ0) is 24.4. The van der Waals surface area contributed by atoms with E-state index in [9.17, 15) is 14.4 Å². The van der Waals surface area contributed by atoms with Crippen LogP contribution in [-0.4, -0.2) is 39.9 Å². The summed E-state index contributed by atoms with van der Waals surface area (Å²) in [5.41, 5.74) is 8.15. The molecule has 0 bridgehead atoms. The van der Waals surface area contributed by atoms with Crippen LogP contribution in [0.1, 0.15) is 22.1 Å². The quantitative estimate of drug-likeness (QED) is 0.378. The molecule has 35 heavy (non-hydrogen) atoms. The first kappa shape index (κ1) is 23.2. The maximum absolute atomic E-state index is 13.4. The second kappa shape index (κ2) is 9.97. The third-order valence-corrected chi connectivity index (χ3v) is 8.03. The number of ether oxygens (including phenoxy) is 1. The number of thioether (sulfide) groups is 1. The van der Waals surface area contributed by atoms with Crippen LogP contribution in [0, 0.1) is 0 Å². The lowest BCUT2D eigenvalue weighted by Gasteiger charge is -2.49. The van der Waals surface area contributed by atoms with Crippen LogP contribution in [0.3, 0.4) is 0 Å². The average molecular weight is 506 g/mol. The largest absolute Gasteiger partial charge is 0.448 e. The molecule has 5 rings (SSSR count). The highest BCUT2D eigenvalue weighted by atomic mass is 32.2. The van der Waals surface area contributed by atoms with E-state index in [1.54, 1.807) is 0 Å². The molecule has 1 unspecified atom stereocenters. The number of carbonyl (C=O) groups excluding carboxylic acids is 3. The number of nitrogens with two attached hydrogens (primary N) is 1. The zero-order valence-electron chi connectivity index (χ0n) is 18.6. The molecular weight excluding hydrogens is 482 g/mol. The van der Waals surface area contributed by atoms with Gasteiger partial charge in [-0.05, 0) is 22.6 Å². The van der Waals surface area contributed by atoms with Gasteiger partial charge >= 0.3 is 5.97 Å². The smallest absolute Gasteiger partial charge is 0.357 e. The lowest BCUT2D eigenvalue weighted by molar-refractivity contribution is -0.154. The molecule has 2 aliphatic heterocycles. The number of carbonyl (C=O) groups is 3. The standard InChI is InChI=1S/C26H23N3O4S2/c27-19-15-35-25-21(28-20(30)14-18-12-7-13-34-18)24(31)29(25)22(19)26(32)33-23(16-8-3-1-4-9-16)17-10-5-2-6-11-17/h1-13,21,23,25H,14-15,27H2,(H,28,30)/t21?,25-/m1/s1. The Hall–Kier alpha value is -3.56. The van der Waals surface area contributed by atoms with E-state index in [1.807, 2.05) is 78.2 Å². The van der Waals surface area contributed by atoms with Gasteiger partial charge in [-0.3, -0.25) is 14.5 Å². The Morgan fingerprint density at radius 3 is 2.29 bits per heavy atom. The van der Waals surface area contributed by atoms with Crippen LogP contribution < -0.4 is 11.1 Å². The monoisotopic (exact) mass is 505 g/mol. The highest BCUT2D eigenvalue weighted by molar-refractivity contribution is 8.00. The SMILES string of the molecule is NC1=C(C(=O)OC(c2ccccc2)c2ccccc2)N2C(=O)C(NC(=O)Cc3cccs3)[C@H]2SC1. The number of rotatable bonds is 7. The maximum Gasteiger partial charge on any atom is 0.357 e. The highest BCUT2D eigenvalue weighted by Crippen LogP contribution is 2.40. The molecule has 0 aliphatic carbocycles. The molecule has 0 saturated carbocycles. The van der Waals surface area contributed by atoms with Crippen LogP contribution in [0.15, 0.2) is 89.6 Å². The van der Waals surface area contributed by atoms with E-state index in [1.165, 1.54) is 28.0 Å². The normalized spacial score (nSPS) is 19.2. The first-order valence-electron chi connectivity index (χ1n) is 11.1. The molecule has 7 nitrogen and oxygen atoms in total. The number of nitrogens with zero attached hydrogens (tertiary/aromatic N) is 1. The number of esters is 1. The summed E-state index contributed by atoms with van der Waals surface area (Å²) in [6.45, 7) is 0.